The molecule has 0 saturated heterocycles. The van der Waals surface area contributed by atoms with E-state index >= 15 is 0 Å². The Kier molecular flexibility index (Phi) is 4.77. The van der Waals surface area contributed by atoms with Gasteiger partial charge in [-0.25, -0.2) is 0 Å². The fraction of sp³-hybridized carbons (Fsp3) is 0.0714. The molecule has 0 amide bonds. The van der Waals surface area contributed by atoms with Crippen LogP contribution in [0.25, 0.3) is 0 Å². The van der Waals surface area contributed by atoms with E-state index in [-0.39, 0.29) is 23.1 Å². The van der Waals surface area contributed by atoms with Crippen LogP contribution in [0, 0.1) is 10.1 Å². The summed E-state index contributed by atoms with van der Waals surface area (Å²) in [6.45, 7) is -0.238. The average Bonchev–Trinajstić information content (AvgIpc) is 2.48. The summed E-state index contributed by atoms with van der Waals surface area (Å²) in [5.74, 6) is -0.0135. The number of nitrogens with zero attached hydrogens (tertiary/aromatic N) is 1. The fourth-order valence-electron chi connectivity index (χ4n) is 1.59. The number of ketones is 1. The van der Waals surface area contributed by atoms with Crippen LogP contribution >= 0.6 is 23.2 Å². The summed E-state index contributed by atoms with van der Waals surface area (Å²) in [6, 6.07) is 10.1. The molecule has 0 aliphatic rings. The first-order valence-corrected chi connectivity index (χ1v) is 6.59. The zero-order valence-electron chi connectivity index (χ0n) is 10.6. The molecule has 7 heteroatoms. The Labute approximate surface area is 130 Å². The lowest BCUT2D eigenvalue weighted by atomic mass is 10.1. The molecular formula is C14H9Cl2NO4. The molecule has 2 rings (SSSR count). The van der Waals surface area contributed by atoms with Gasteiger partial charge < -0.3 is 4.74 Å². The minimum atomic E-state index is -0.531. The molecule has 0 unspecified atom stereocenters. The molecule has 0 atom stereocenters. The molecule has 0 radical (unpaired) electrons. The first kappa shape index (κ1) is 15.3. The highest BCUT2D eigenvalue weighted by molar-refractivity contribution is 6.42. The van der Waals surface area contributed by atoms with Crippen LogP contribution in [0.15, 0.2) is 42.5 Å². The minimum absolute atomic E-state index is 0.0784. The van der Waals surface area contributed by atoms with E-state index in [1.54, 1.807) is 18.2 Å². The van der Waals surface area contributed by atoms with Gasteiger partial charge in [-0.3, -0.25) is 14.9 Å². The Morgan fingerprint density at radius 2 is 1.81 bits per heavy atom. The van der Waals surface area contributed by atoms with E-state index in [9.17, 15) is 14.9 Å². The number of rotatable bonds is 5. The van der Waals surface area contributed by atoms with Gasteiger partial charge in [0.1, 0.15) is 10.8 Å². The second-order valence-corrected chi connectivity index (χ2v) is 4.85. The summed E-state index contributed by atoms with van der Waals surface area (Å²) in [7, 11) is 0. The van der Waals surface area contributed by atoms with Crippen LogP contribution in [0.2, 0.25) is 10.0 Å². The molecule has 108 valence electrons. The predicted molar refractivity (Wildman–Crippen MR) is 79.4 cm³/mol. The number of hydrogen-bond donors (Lipinski definition) is 0. The number of benzene rings is 2. The Hall–Kier alpha value is -2.11. The van der Waals surface area contributed by atoms with Gasteiger partial charge in [0.2, 0.25) is 0 Å². The lowest BCUT2D eigenvalue weighted by molar-refractivity contribution is -0.384. The van der Waals surface area contributed by atoms with Gasteiger partial charge in [0, 0.05) is 17.7 Å². The van der Waals surface area contributed by atoms with Crippen molar-refractivity contribution in [3.63, 3.8) is 0 Å². The SMILES string of the molecule is O=C(COc1cccc(Cl)c1Cl)c1ccc([N+](=O)[O-])cc1. The van der Waals surface area contributed by atoms with E-state index in [1.807, 2.05) is 0 Å². The highest BCUT2D eigenvalue weighted by Crippen LogP contribution is 2.31. The van der Waals surface area contributed by atoms with Crippen LogP contribution in [-0.4, -0.2) is 17.3 Å². The molecule has 0 aliphatic heterocycles. The van der Waals surface area contributed by atoms with Gasteiger partial charge in [-0.05, 0) is 24.3 Å². The summed E-state index contributed by atoms with van der Waals surface area (Å²) in [4.78, 5) is 21.9. The summed E-state index contributed by atoms with van der Waals surface area (Å²) in [5.41, 5.74) is 0.240. The second kappa shape index (κ2) is 6.56. The zero-order valence-corrected chi connectivity index (χ0v) is 12.1. The molecule has 21 heavy (non-hydrogen) atoms. The number of carbonyl (C=O) groups is 1. The van der Waals surface area contributed by atoms with Crippen LogP contribution in [0.5, 0.6) is 5.75 Å². The van der Waals surface area contributed by atoms with Crippen molar-refractivity contribution in [3.8, 4) is 5.75 Å². The number of non-ortho nitro benzene ring substituents is 1. The molecule has 2 aromatic carbocycles. The van der Waals surface area contributed by atoms with Crippen molar-refractivity contribution in [3.05, 3.63) is 68.2 Å². The molecule has 0 fully saturated rings. The summed E-state index contributed by atoms with van der Waals surface area (Å²) < 4.78 is 5.31. The zero-order chi connectivity index (χ0) is 15.4. The number of Topliss-reactive ketones (excluding diaryl/α,β-unsaturated/α-hetero) is 1. The quantitative estimate of drug-likeness (QED) is 0.470. The van der Waals surface area contributed by atoms with Gasteiger partial charge >= 0.3 is 0 Å². The maximum absolute atomic E-state index is 11.9. The Bertz CT molecular complexity index is 686. The Morgan fingerprint density at radius 3 is 2.43 bits per heavy atom. The van der Waals surface area contributed by atoms with Gasteiger partial charge in [-0.15, -0.1) is 0 Å². The lowest BCUT2D eigenvalue weighted by Gasteiger charge is -2.08. The molecule has 0 aliphatic carbocycles. The third-order valence-corrected chi connectivity index (χ3v) is 3.48. The van der Waals surface area contributed by atoms with Crippen molar-refractivity contribution >= 4 is 34.7 Å². The number of hydrogen-bond acceptors (Lipinski definition) is 4. The summed E-state index contributed by atoms with van der Waals surface area (Å²) in [6.07, 6.45) is 0. The van der Waals surface area contributed by atoms with Crippen LogP contribution in [-0.2, 0) is 0 Å². The maximum atomic E-state index is 11.9. The van der Waals surface area contributed by atoms with E-state index < -0.39 is 4.92 Å². The van der Waals surface area contributed by atoms with E-state index in [0.29, 0.717) is 16.3 Å². The molecule has 0 bridgehead atoms. The van der Waals surface area contributed by atoms with E-state index in [1.165, 1.54) is 24.3 Å². The number of halogens is 2. The predicted octanol–water partition coefficient (Wildman–Crippen LogP) is 4.16. The number of ether oxygens (including phenoxy) is 1. The molecule has 5 nitrogen and oxygen atoms in total. The molecule has 0 aromatic heterocycles. The summed E-state index contributed by atoms with van der Waals surface area (Å²) >= 11 is 11.8. The van der Waals surface area contributed by atoms with E-state index in [4.69, 9.17) is 27.9 Å². The number of carbonyl (C=O) groups excluding carboxylic acids is 1. The standard InChI is InChI=1S/C14H9Cl2NO4/c15-11-2-1-3-13(14(11)16)21-8-12(18)9-4-6-10(7-5-9)17(19)20/h1-7H,8H2. The van der Waals surface area contributed by atoms with Crippen molar-refractivity contribution in [2.75, 3.05) is 6.61 Å². The smallest absolute Gasteiger partial charge is 0.269 e. The first-order valence-electron chi connectivity index (χ1n) is 5.83. The van der Waals surface area contributed by atoms with Crippen molar-refractivity contribution < 1.29 is 14.5 Å². The van der Waals surface area contributed by atoms with Crippen LogP contribution in [0.4, 0.5) is 5.69 Å². The fourth-order valence-corrected chi connectivity index (χ4v) is 1.94. The molecule has 0 saturated carbocycles. The Balaban J connectivity index is 2.04. The molecular weight excluding hydrogens is 317 g/mol. The van der Waals surface area contributed by atoms with Crippen molar-refractivity contribution in [1.82, 2.24) is 0 Å². The molecule has 0 heterocycles. The van der Waals surface area contributed by atoms with E-state index in [0.717, 1.165) is 0 Å². The van der Waals surface area contributed by atoms with Gasteiger partial charge in [-0.2, -0.15) is 0 Å². The average molecular weight is 326 g/mol. The summed E-state index contributed by atoms with van der Waals surface area (Å²) in [5, 5.41) is 11.1. The van der Waals surface area contributed by atoms with Crippen molar-refractivity contribution in [2.24, 2.45) is 0 Å². The van der Waals surface area contributed by atoms with Gasteiger partial charge in [0.15, 0.2) is 12.4 Å². The van der Waals surface area contributed by atoms with Crippen LogP contribution in [0.3, 0.4) is 0 Å². The topological polar surface area (TPSA) is 69.4 Å². The third-order valence-electron chi connectivity index (χ3n) is 2.68. The van der Waals surface area contributed by atoms with Crippen molar-refractivity contribution in [2.45, 2.75) is 0 Å². The van der Waals surface area contributed by atoms with Crippen LogP contribution in [0.1, 0.15) is 10.4 Å². The number of nitro groups is 1. The van der Waals surface area contributed by atoms with Crippen LogP contribution < -0.4 is 4.74 Å². The minimum Gasteiger partial charge on any atom is -0.484 e. The van der Waals surface area contributed by atoms with Crippen molar-refractivity contribution in [1.29, 1.82) is 0 Å². The number of nitro benzene ring substituents is 1. The molecule has 0 N–H and O–H groups in total. The molecule has 0 spiro atoms. The Morgan fingerprint density at radius 1 is 1.14 bits per heavy atom. The van der Waals surface area contributed by atoms with E-state index in [2.05, 4.69) is 0 Å². The normalized spacial score (nSPS) is 10.2. The molecule has 2 aromatic rings. The first-order chi connectivity index (χ1) is 9.99. The van der Waals surface area contributed by atoms with Gasteiger partial charge in [-0.1, -0.05) is 29.3 Å². The van der Waals surface area contributed by atoms with Gasteiger partial charge in [0.05, 0.1) is 9.95 Å². The highest BCUT2D eigenvalue weighted by atomic mass is 35.5. The highest BCUT2D eigenvalue weighted by Gasteiger charge is 2.12. The third kappa shape index (κ3) is 3.71. The maximum Gasteiger partial charge on any atom is 0.269 e. The largest absolute Gasteiger partial charge is 0.484 e. The monoisotopic (exact) mass is 325 g/mol. The second-order valence-electron chi connectivity index (χ2n) is 4.07. The lowest BCUT2D eigenvalue weighted by Crippen LogP contribution is -2.11. The van der Waals surface area contributed by atoms with Gasteiger partial charge in [0.25, 0.3) is 5.69 Å².